The van der Waals surface area contributed by atoms with Gasteiger partial charge in [-0.2, -0.15) is 11.8 Å². The zero-order valence-electron chi connectivity index (χ0n) is 32.6. The molecule has 1 fully saturated rings. The molecule has 2 unspecified atom stereocenters. The van der Waals surface area contributed by atoms with E-state index in [1.165, 1.54) is 49.3 Å². The van der Waals surface area contributed by atoms with Crippen LogP contribution in [0.1, 0.15) is 126 Å². The third kappa shape index (κ3) is 16.4. The quantitative estimate of drug-likeness (QED) is 0.0937. The van der Waals surface area contributed by atoms with Gasteiger partial charge >= 0.3 is 0 Å². The number of hydrogen-bond donors (Lipinski definition) is 2. The van der Waals surface area contributed by atoms with Gasteiger partial charge in [0.2, 0.25) is 11.8 Å². The van der Waals surface area contributed by atoms with E-state index in [2.05, 4.69) is 93.3 Å². The second-order valence-electron chi connectivity index (χ2n) is 15.7. The maximum absolute atomic E-state index is 12.5. The molecule has 1 saturated heterocycles. The molecule has 0 spiro atoms. The third-order valence-corrected chi connectivity index (χ3v) is 11.1. The maximum atomic E-state index is 12.5. The summed E-state index contributed by atoms with van der Waals surface area (Å²) in [7, 11) is 3.87. The number of thioether (sulfide) groups is 1. The summed E-state index contributed by atoms with van der Waals surface area (Å²) in [4.78, 5) is 31.0. The van der Waals surface area contributed by atoms with E-state index in [9.17, 15) is 9.59 Å². The van der Waals surface area contributed by atoms with Crippen LogP contribution in [-0.4, -0.2) is 83.3 Å². The highest BCUT2D eigenvalue weighted by Gasteiger charge is 2.30. The van der Waals surface area contributed by atoms with Crippen molar-refractivity contribution in [1.29, 1.82) is 0 Å². The lowest BCUT2D eigenvalue weighted by Gasteiger charge is -2.39. The molecule has 0 aromatic carbocycles. The molecule has 1 aliphatic heterocycles. The first-order valence-electron chi connectivity index (χ1n) is 18.5. The molecule has 0 bridgehead atoms. The summed E-state index contributed by atoms with van der Waals surface area (Å²) < 4.78 is 0. The molecule has 2 amide bonds. The molecule has 276 valence electrons. The number of likely N-dealkylation sites (tertiary alicyclic amines) is 1. The molecule has 1 aliphatic rings. The standard InChI is InChI=1S/C40H73N5O2S/c1-14-15-16-17-18-29-48-36-30-34(5)45(35(36)6)27-23-32(3)41-25-22-31(2)21-24-40(10,11)44(13)33(4)19-20-37(46)42-26-28-43(12)38(47)39(7,8)9/h31,36,41H,3-6,14-30H2,1-2,7-13H3,(H,42,46). The van der Waals surface area contributed by atoms with E-state index in [0.717, 1.165) is 56.6 Å². The lowest BCUT2D eigenvalue weighted by molar-refractivity contribution is -0.138. The molecule has 8 heteroatoms. The van der Waals surface area contributed by atoms with E-state index in [4.69, 9.17) is 0 Å². The topological polar surface area (TPSA) is 67.9 Å². The van der Waals surface area contributed by atoms with Crippen molar-refractivity contribution in [2.24, 2.45) is 11.3 Å². The monoisotopic (exact) mass is 688 g/mol. The molecular weight excluding hydrogens is 615 g/mol. The fourth-order valence-electron chi connectivity index (χ4n) is 5.93. The number of carbonyl (C=O) groups is 2. The number of allylic oxidation sites excluding steroid dienone is 2. The lowest BCUT2D eigenvalue weighted by Crippen LogP contribution is -2.42. The van der Waals surface area contributed by atoms with Crippen molar-refractivity contribution in [2.75, 3.05) is 46.0 Å². The predicted octanol–water partition coefficient (Wildman–Crippen LogP) is 8.72. The van der Waals surface area contributed by atoms with Crippen molar-refractivity contribution in [3.05, 3.63) is 49.1 Å². The minimum Gasteiger partial charge on any atom is -0.389 e. The molecule has 48 heavy (non-hydrogen) atoms. The van der Waals surface area contributed by atoms with Gasteiger partial charge in [-0.25, -0.2) is 0 Å². The molecule has 2 atom stereocenters. The smallest absolute Gasteiger partial charge is 0.227 e. The molecule has 1 heterocycles. The summed E-state index contributed by atoms with van der Waals surface area (Å²) in [5.41, 5.74) is 3.98. The van der Waals surface area contributed by atoms with E-state index < -0.39 is 5.41 Å². The van der Waals surface area contributed by atoms with E-state index in [-0.39, 0.29) is 17.4 Å². The number of amides is 2. The van der Waals surface area contributed by atoms with Crippen molar-refractivity contribution >= 4 is 23.6 Å². The van der Waals surface area contributed by atoms with Gasteiger partial charge in [0, 0.05) is 98.5 Å². The Morgan fingerprint density at radius 1 is 0.958 bits per heavy atom. The fourth-order valence-corrected chi connectivity index (χ4v) is 7.21. The minimum atomic E-state index is -0.422. The summed E-state index contributed by atoms with van der Waals surface area (Å²) in [6, 6.07) is 0. The largest absolute Gasteiger partial charge is 0.389 e. The third-order valence-electron chi connectivity index (χ3n) is 9.77. The minimum absolute atomic E-state index is 0.0105. The highest BCUT2D eigenvalue weighted by molar-refractivity contribution is 8.00. The molecule has 1 rings (SSSR count). The molecule has 0 aromatic rings. The van der Waals surface area contributed by atoms with Crippen LogP contribution >= 0.6 is 11.8 Å². The van der Waals surface area contributed by atoms with Crippen LogP contribution in [0.2, 0.25) is 0 Å². The van der Waals surface area contributed by atoms with Gasteiger partial charge in [0.15, 0.2) is 0 Å². The van der Waals surface area contributed by atoms with Crippen LogP contribution in [0.4, 0.5) is 0 Å². The van der Waals surface area contributed by atoms with Crippen LogP contribution in [0.5, 0.6) is 0 Å². The van der Waals surface area contributed by atoms with Crippen LogP contribution < -0.4 is 10.6 Å². The van der Waals surface area contributed by atoms with E-state index >= 15 is 0 Å². The first-order chi connectivity index (χ1) is 22.4. The molecule has 0 saturated carbocycles. The summed E-state index contributed by atoms with van der Waals surface area (Å²) in [6.45, 7) is 34.9. The lowest BCUT2D eigenvalue weighted by atomic mass is 9.90. The van der Waals surface area contributed by atoms with Crippen LogP contribution in [-0.2, 0) is 9.59 Å². The van der Waals surface area contributed by atoms with Gasteiger partial charge in [-0.1, -0.05) is 86.6 Å². The Labute approximate surface area is 300 Å². The zero-order chi connectivity index (χ0) is 36.5. The van der Waals surface area contributed by atoms with Gasteiger partial charge in [0.05, 0.1) is 0 Å². The predicted molar refractivity (Wildman–Crippen MR) is 210 cm³/mol. The summed E-state index contributed by atoms with van der Waals surface area (Å²) in [6.07, 6.45) is 12.8. The average molecular weight is 688 g/mol. The number of carbonyl (C=O) groups excluding carboxylic acids is 2. The number of hydrogen-bond acceptors (Lipinski definition) is 6. The Bertz CT molecular complexity index is 1060. The van der Waals surface area contributed by atoms with Crippen molar-refractivity contribution in [1.82, 2.24) is 25.3 Å². The molecule has 7 nitrogen and oxygen atoms in total. The maximum Gasteiger partial charge on any atom is 0.227 e. The molecule has 0 aromatic heterocycles. The summed E-state index contributed by atoms with van der Waals surface area (Å²) >= 11 is 2.05. The molecule has 0 aliphatic carbocycles. The van der Waals surface area contributed by atoms with E-state index in [0.29, 0.717) is 37.1 Å². The van der Waals surface area contributed by atoms with Crippen LogP contribution in [0.25, 0.3) is 0 Å². The zero-order valence-corrected chi connectivity index (χ0v) is 33.4. The highest BCUT2D eigenvalue weighted by Crippen LogP contribution is 2.37. The van der Waals surface area contributed by atoms with Crippen molar-refractivity contribution < 1.29 is 9.59 Å². The SMILES string of the molecule is C=C(CCN1C(=C)CC(SCCCCCCC)C1=C)NCCC(C)CCC(C)(C)N(C)C(=C)CCC(=O)NCCN(C)C(=O)C(C)(C)C. The molecule has 0 radical (unpaired) electrons. The van der Waals surface area contributed by atoms with Gasteiger partial charge in [-0.05, 0) is 57.6 Å². The first kappa shape index (κ1) is 43.7. The van der Waals surface area contributed by atoms with Gasteiger partial charge in [-0.3, -0.25) is 9.59 Å². The second-order valence-corrected chi connectivity index (χ2v) is 17.0. The van der Waals surface area contributed by atoms with Crippen LogP contribution in [0.15, 0.2) is 49.1 Å². The number of unbranched alkanes of at least 4 members (excludes halogenated alkanes) is 4. The fraction of sp³-hybridized carbons (Fsp3) is 0.750. The second kappa shape index (κ2) is 21.7. The summed E-state index contributed by atoms with van der Waals surface area (Å²) in [5, 5.41) is 6.99. The number of nitrogens with one attached hydrogen (secondary N) is 2. The Hall–Kier alpha value is -2.35. The Balaban J connectivity index is 2.29. The molecular formula is C40H73N5O2S. The van der Waals surface area contributed by atoms with Crippen molar-refractivity contribution in [3.8, 4) is 0 Å². The highest BCUT2D eigenvalue weighted by atomic mass is 32.2. The Morgan fingerprint density at radius 3 is 2.27 bits per heavy atom. The normalized spacial score (nSPS) is 15.8. The van der Waals surface area contributed by atoms with Crippen molar-refractivity contribution in [3.63, 3.8) is 0 Å². The van der Waals surface area contributed by atoms with Crippen LogP contribution in [0, 0.1) is 11.3 Å². The van der Waals surface area contributed by atoms with E-state index in [1.807, 2.05) is 20.8 Å². The van der Waals surface area contributed by atoms with Gasteiger partial charge in [0.25, 0.3) is 0 Å². The number of rotatable bonds is 25. The number of likely N-dealkylation sites (N-methyl/N-ethyl adjacent to an activating group) is 1. The summed E-state index contributed by atoms with van der Waals surface area (Å²) in [5.74, 6) is 1.86. The average Bonchev–Trinajstić information content (AvgIpc) is 3.29. The van der Waals surface area contributed by atoms with Gasteiger partial charge in [0.1, 0.15) is 0 Å². The Kier molecular flexibility index (Phi) is 19.7. The van der Waals surface area contributed by atoms with Gasteiger partial charge in [-0.15, -0.1) is 0 Å². The Morgan fingerprint density at radius 2 is 1.62 bits per heavy atom. The van der Waals surface area contributed by atoms with Gasteiger partial charge < -0.3 is 25.3 Å². The first-order valence-corrected chi connectivity index (χ1v) is 19.6. The molecule has 2 N–H and O–H groups in total. The van der Waals surface area contributed by atoms with Crippen molar-refractivity contribution in [2.45, 2.75) is 136 Å². The van der Waals surface area contributed by atoms with Crippen LogP contribution in [0.3, 0.4) is 0 Å². The number of nitrogens with zero attached hydrogens (tertiary/aromatic N) is 3. The van der Waals surface area contributed by atoms with E-state index in [1.54, 1.807) is 11.9 Å².